The largest absolute Gasteiger partial charge is 0.347 e. The molecule has 0 spiro atoms. The molecule has 0 saturated carbocycles. The maximum Gasteiger partial charge on any atom is 0.0489 e. The van der Waals surface area contributed by atoms with Crippen LogP contribution in [-0.2, 0) is 18.9 Å². The van der Waals surface area contributed by atoms with Gasteiger partial charge in [-0.25, -0.2) is 0 Å². The molecule has 1 heteroatoms. The standard InChI is InChI=1S/C23H33N/c1-8-23(5,6)16-9-12-18-19-13-10-17(22(2,3)4)15-21(19)24(7)20(18)14-11-16/h9-10,12-13,15-16H,8,11,14H2,1-7H3. The zero-order chi connectivity index (χ0) is 17.7. The molecule has 0 radical (unpaired) electrons. The smallest absolute Gasteiger partial charge is 0.0489 e. The van der Waals surface area contributed by atoms with Gasteiger partial charge in [0.05, 0.1) is 0 Å². The van der Waals surface area contributed by atoms with Crippen LogP contribution in [0, 0.1) is 11.3 Å². The van der Waals surface area contributed by atoms with E-state index in [1.54, 1.807) is 0 Å². The second kappa shape index (κ2) is 5.79. The molecule has 1 aliphatic carbocycles. The third-order valence-corrected chi connectivity index (χ3v) is 6.33. The normalized spacial score (nSPS) is 18.7. The quantitative estimate of drug-likeness (QED) is 0.595. The Labute approximate surface area is 147 Å². The van der Waals surface area contributed by atoms with E-state index in [1.807, 2.05) is 0 Å². The monoisotopic (exact) mass is 323 g/mol. The molecule has 1 aromatic carbocycles. The Kier molecular flexibility index (Phi) is 4.18. The van der Waals surface area contributed by atoms with Crippen LogP contribution in [-0.4, -0.2) is 4.57 Å². The number of nitrogens with zero attached hydrogens (tertiary/aromatic N) is 1. The first kappa shape index (κ1) is 17.3. The molecule has 1 aromatic heterocycles. The van der Waals surface area contributed by atoms with Crippen LogP contribution in [0.4, 0.5) is 0 Å². The van der Waals surface area contributed by atoms with Gasteiger partial charge in [0.25, 0.3) is 0 Å². The first-order chi connectivity index (χ1) is 11.1. The maximum absolute atomic E-state index is 2.48. The number of allylic oxidation sites excluding steroid dienone is 1. The van der Waals surface area contributed by atoms with E-state index in [1.165, 1.54) is 47.0 Å². The SMILES string of the molecule is CCC(C)(C)C1C=Cc2c(n(C)c3cc(C(C)(C)C)ccc23)CC1. The molecule has 0 saturated heterocycles. The second-order valence-corrected chi connectivity index (χ2v) is 9.25. The lowest BCUT2D eigenvalue weighted by atomic mass is 9.74. The van der Waals surface area contributed by atoms with Gasteiger partial charge in [0, 0.05) is 29.2 Å². The molecule has 0 fully saturated rings. The highest BCUT2D eigenvalue weighted by molar-refractivity contribution is 5.92. The van der Waals surface area contributed by atoms with E-state index < -0.39 is 0 Å². The molecule has 0 N–H and O–H groups in total. The van der Waals surface area contributed by atoms with Crippen LogP contribution < -0.4 is 0 Å². The van der Waals surface area contributed by atoms with Gasteiger partial charge in [0.15, 0.2) is 0 Å². The van der Waals surface area contributed by atoms with Crippen molar-refractivity contribution in [3.63, 3.8) is 0 Å². The molecule has 130 valence electrons. The van der Waals surface area contributed by atoms with Crippen molar-refractivity contribution in [1.82, 2.24) is 4.57 Å². The van der Waals surface area contributed by atoms with Gasteiger partial charge in [-0.3, -0.25) is 0 Å². The van der Waals surface area contributed by atoms with Crippen LogP contribution in [0.3, 0.4) is 0 Å². The molecule has 1 atom stereocenters. The topological polar surface area (TPSA) is 4.93 Å². The van der Waals surface area contributed by atoms with Gasteiger partial charge < -0.3 is 4.57 Å². The lowest BCUT2D eigenvalue weighted by Gasteiger charge is -2.31. The van der Waals surface area contributed by atoms with Crippen molar-refractivity contribution in [1.29, 1.82) is 0 Å². The average Bonchev–Trinajstić information content (AvgIpc) is 2.68. The highest BCUT2D eigenvalue weighted by Gasteiger charge is 2.28. The van der Waals surface area contributed by atoms with Crippen molar-refractivity contribution in [2.75, 3.05) is 0 Å². The summed E-state index contributed by atoms with van der Waals surface area (Å²) in [5.41, 5.74) is 6.32. The highest BCUT2D eigenvalue weighted by Crippen LogP contribution is 2.40. The summed E-state index contributed by atoms with van der Waals surface area (Å²) in [6, 6.07) is 7.05. The number of aryl methyl sites for hydroxylation is 1. The molecule has 0 amide bonds. The minimum absolute atomic E-state index is 0.196. The van der Waals surface area contributed by atoms with E-state index in [4.69, 9.17) is 0 Å². The molecule has 1 aliphatic rings. The van der Waals surface area contributed by atoms with Crippen molar-refractivity contribution in [2.45, 2.75) is 66.2 Å². The molecular weight excluding hydrogens is 290 g/mol. The van der Waals surface area contributed by atoms with Gasteiger partial charge in [0.1, 0.15) is 0 Å². The molecule has 1 unspecified atom stereocenters. The van der Waals surface area contributed by atoms with Gasteiger partial charge in [-0.15, -0.1) is 0 Å². The van der Waals surface area contributed by atoms with Gasteiger partial charge in [-0.1, -0.05) is 72.2 Å². The highest BCUT2D eigenvalue weighted by atomic mass is 14.9. The van der Waals surface area contributed by atoms with Crippen molar-refractivity contribution in [2.24, 2.45) is 18.4 Å². The molecule has 1 heterocycles. The van der Waals surface area contributed by atoms with Crippen molar-refractivity contribution < 1.29 is 0 Å². The van der Waals surface area contributed by atoms with E-state index in [2.05, 4.69) is 83.5 Å². The summed E-state index contributed by atoms with van der Waals surface area (Å²) in [6.45, 7) is 14.0. The number of aromatic nitrogens is 1. The van der Waals surface area contributed by atoms with E-state index in [0.717, 1.165) is 0 Å². The predicted molar refractivity (Wildman–Crippen MR) is 107 cm³/mol. The maximum atomic E-state index is 2.48. The van der Waals surface area contributed by atoms with Gasteiger partial charge in [-0.05, 0) is 41.2 Å². The van der Waals surface area contributed by atoms with Crippen molar-refractivity contribution in [3.05, 3.63) is 41.1 Å². The molecule has 3 rings (SSSR count). The Morgan fingerprint density at radius 3 is 2.46 bits per heavy atom. The fourth-order valence-corrected chi connectivity index (χ4v) is 3.99. The molecular formula is C23H33N. The van der Waals surface area contributed by atoms with E-state index >= 15 is 0 Å². The van der Waals surface area contributed by atoms with Crippen LogP contribution in [0.15, 0.2) is 24.3 Å². The zero-order valence-corrected chi connectivity index (χ0v) is 16.5. The summed E-state index contributed by atoms with van der Waals surface area (Å²) in [6.07, 6.45) is 8.54. The average molecular weight is 324 g/mol. The van der Waals surface area contributed by atoms with Gasteiger partial charge in [-0.2, -0.15) is 0 Å². The summed E-state index contributed by atoms with van der Waals surface area (Å²) in [5.74, 6) is 0.666. The number of hydrogen-bond acceptors (Lipinski definition) is 0. The first-order valence-electron chi connectivity index (χ1n) is 9.45. The third-order valence-electron chi connectivity index (χ3n) is 6.33. The summed E-state index contributed by atoms with van der Waals surface area (Å²) in [5, 5.41) is 1.41. The summed E-state index contributed by atoms with van der Waals surface area (Å²) in [7, 11) is 2.24. The van der Waals surface area contributed by atoms with Crippen LogP contribution in [0.5, 0.6) is 0 Å². The second-order valence-electron chi connectivity index (χ2n) is 9.25. The van der Waals surface area contributed by atoms with Gasteiger partial charge >= 0.3 is 0 Å². The zero-order valence-electron chi connectivity index (χ0n) is 16.5. The van der Waals surface area contributed by atoms with Crippen molar-refractivity contribution in [3.8, 4) is 0 Å². The number of benzene rings is 1. The number of fused-ring (bicyclic) bond motifs is 3. The van der Waals surface area contributed by atoms with Crippen LogP contribution in [0.25, 0.3) is 17.0 Å². The Bertz CT molecular complexity index is 780. The van der Waals surface area contributed by atoms with Crippen LogP contribution in [0.1, 0.15) is 71.2 Å². The summed E-state index contributed by atoms with van der Waals surface area (Å²) < 4.78 is 2.44. The summed E-state index contributed by atoms with van der Waals surface area (Å²) in [4.78, 5) is 0. The Morgan fingerprint density at radius 2 is 1.83 bits per heavy atom. The molecule has 0 aliphatic heterocycles. The minimum Gasteiger partial charge on any atom is -0.347 e. The van der Waals surface area contributed by atoms with Gasteiger partial charge in [0.2, 0.25) is 0 Å². The van der Waals surface area contributed by atoms with E-state index in [-0.39, 0.29) is 5.41 Å². The number of rotatable bonds is 2. The predicted octanol–water partition coefficient (Wildman–Crippen LogP) is 6.49. The molecule has 1 nitrogen and oxygen atoms in total. The summed E-state index contributed by atoms with van der Waals surface area (Å²) >= 11 is 0. The Morgan fingerprint density at radius 1 is 1.12 bits per heavy atom. The molecule has 24 heavy (non-hydrogen) atoms. The molecule has 0 bridgehead atoms. The Hall–Kier alpha value is -1.50. The van der Waals surface area contributed by atoms with E-state index in [0.29, 0.717) is 11.3 Å². The van der Waals surface area contributed by atoms with Crippen LogP contribution in [0.2, 0.25) is 0 Å². The lowest BCUT2D eigenvalue weighted by molar-refractivity contribution is 0.237. The Balaban J connectivity index is 2.10. The first-order valence-corrected chi connectivity index (χ1v) is 9.45. The van der Waals surface area contributed by atoms with Crippen LogP contribution >= 0.6 is 0 Å². The lowest BCUT2D eigenvalue weighted by Crippen LogP contribution is -2.21. The minimum atomic E-state index is 0.196. The fourth-order valence-electron chi connectivity index (χ4n) is 3.99. The third kappa shape index (κ3) is 2.83. The van der Waals surface area contributed by atoms with E-state index in [9.17, 15) is 0 Å². The molecule has 2 aromatic rings. The fraction of sp³-hybridized carbons (Fsp3) is 0.565. The van der Waals surface area contributed by atoms with Crippen molar-refractivity contribution >= 4 is 17.0 Å². The number of hydrogen-bond donors (Lipinski definition) is 0.